The molecular formula is C16H9N3O3S2. The van der Waals surface area contributed by atoms with Gasteiger partial charge in [0.15, 0.2) is 4.96 Å². The number of benzene rings is 1. The van der Waals surface area contributed by atoms with Crippen LogP contribution in [0.2, 0.25) is 0 Å². The first-order valence-electron chi connectivity index (χ1n) is 7.13. The lowest BCUT2D eigenvalue weighted by Crippen LogP contribution is -2.51. The largest absolute Gasteiger partial charge is 0.477 e. The van der Waals surface area contributed by atoms with Gasteiger partial charge in [-0.1, -0.05) is 17.4 Å². The number of carbonyl (C=O) groups excluding carboxylic acids is 1. The Bertz CT molecular complexity index is 1110. The van der Waals surface area contributed by atoms with Crippen LogP contribution in [0.5, 0.6) is 0 Å². The maximum atomic E-state index is 12.3. The molecule has 2 aromatic heterocycles. The van der Waals surface area contributed by atoms with Crippen LogP contribution in [-0.4, -0.2) is 36.6 Å². The van der Waals surface area contributed by atoms with Gasteiger partial charge in [0.25, 0.3) is 5.91 Å². The number of rotatable bonds is 2. The third kappa shape index (κ3) is 1.75. The van der Waals surface area contributed by atoms with E-state index in [1.807, 2.05) is 34.9 Å². The fraction of sp³-hybridized carbons (Fsp3) is 0.0625. The number of aliphatic carboxylic acids is 1. The molecule has 3 aromatic rings. The van der Waals surface area contributed by atoms with E-state index in [2.05, 4.69) is 4.98 Å². The number of hydrogen-bond acceptors (Lipinski definition) is 5. The molecule has 0 saturated carbocycles. The number of thioether (sulfide) groups is 1. The molecular weight excluding hydrogens is 346 g/mol. The Labute approximate surface area is 143 Å². The van der Waals surface area contributed by atoms with Gasteiger partial charge < -0.3 is 5.11 Å². The van der Waals surface area contributed by atoms with E-state index in [1.54, 1.807) is 17.5 Å². The van der Waals surface area contributed by atoms with Gasteiger partial charge in [0.05, 0.1) is 15.8 Å². The fourth-order valence-electron chi connectivity index (χ4n) is 2.99. The van der Waals surface area contributed by atoms with Crippen LogP contribution in [-0.2, 0) is 9.59 Å². The standard InChI is InChI=1S/C16H9N3O3S2/c20-13-9(14-19(13)11(7-23-14)15(21)22)5-8-1-2-10-12(6-8)24-16-17-3-4-18(10)16/h1-7,14H,(H,21,22). The molecule has 8 heteroatoms. The molecule has 1 saturated heterocycles. The molecule has 5 rings (SSSR count). The highest BCUT2D eigenvalue weighted by molar-refractivity contribution is 8.03. The monoisotopic (exact) mass is 355 g/mol. The van der Waals surface area contributed by atoms with Gasteiger partial charge in [0.1, 0.15) is 11.1 Å². The van der Waals surface area contributed by atoms with Crippen LogP contribution in [0, 0.1) is 0 Å². The van der Waals surface area contributed by atoms with Crippen LogP contribution in [0.15, 0.2) is 47.3 Å². The first-order chi connectivity index (χ1) is 11.6. The lowest BCUT2D eigenvalue weighted by molar-refractivity contribution is -0.141. The van der Waals surface area contributed by atoms with Gasteiger partial charge >= 0.3 is 5.97 Å². The Hall–Kier alpha value is -2.58. The van der Waals surface area contributed by atoms with Crippen molar-refractivity contribution in [2.75, 3.05) is 0 Å². The van der Waals surface area contributed by atoms with Gasteiger partial charge in [-0.3, -0.25) is 14.1 Å². The van der Waals surface area contributed by atoms with E-state index in [4.69, 9.17) is 5.11 Å². The van der Waals surface area contributed by atoms with Crippen LogP contribution in [0.1, 0.15) is 5.56 Å². The van der Waals surface area contributed by atoms with E-state index in [0.717, 1.165) is 20.7 Å². The lowest BCUT2D eigenvalue weighted by atomic mass is 10.0. The third-order valence-corrected chi connectivity index (χ3v) is 6.24. The number of amides is 1. The predicted molar refractivity (Wildman–Crippen MR) is 92.5 cm³/mol. The first-order valence-corrected chi connectivity index (χ1v) is 8.89. The molecule has 1 fully saturated rings. The third-order valence-electron chi connectivity index (χ3n) is 4.13. The van der Waals surface area contributed by atoms with Crippen LogP contribution in [0.25, 0.3) is 21.3 Å². The molecule has 1 unspecified atom stereocenters. The van der Waals surface area contributed by atoms with E-state index in [-0.39, 0.29) is 17.0 Å². The van der Waals surface area contributed by atoms with Crippen molar-refractivity contribution in [1.29, 1.82) is 0 Å². The highest BCUT2D eigenvalue weighted by atomic mass is 32.2. The number of nitrogens with zero attached hydrogens (tertiary/aromatic N) is 3. The zero-order valence-electron chi connectivity index (χ0n) is 12.0. The Kier molecular flexibility index (Phi) is 2.71. The summed E-state index contributed by atoms with van der Waals surface area (Å²) in [4.78, 5) is 29.9. The highest BCUT2D eigenvalue weighted by Crippen LogP contribution is 2.45. The Morgan fingerprint density at radius 2 is 2.25 bits per heavy atom. The second kappa shape index (κ2) is 4.71. The molecule has 2 aliphatic rings. The summed E-state index contributed by atoms with van der Waals surface area (Å²) in [5.74, 6) is -1.31. The number of carboxylic acids is 1. The molecule has 0 spiro atoms. The Balaban J connectivity index is 1.52. The van der Waals surface area contributed by atoms with Crippen molar-refractivity contribution in [2.45, 2.75) is 5.37 Å². The Morgan fingerprint density at radius 3 is 3.08 bits per heavy atom. The SMILES string of the molecule is O=C(O)C1=CSC2C(=Cc3ccc4c(c3)sc3nccn34)C(=O)N12. The van der Waals surface area contributed by atoms with Crippen molar-refractivity contribution in [3.63, 3.8) is 0 Å². The van der Waals surface area contributed by atoms with Crippen LogP contribution >= 0.6 is 23.1 Å². The van der Waals surface area contributed by atoms with E-state index < -0.39 is 5.97 Å². The van der Waals surface area contributed by atoms with E-state index >= 15 is 0 Å². The van der Waals surface area contributed by atoms with Crippen molar-refractivity contribution in [1.82, 2.24) is 14.3 Å². The second-order valence-corrected chi connectivity index (χ2v) is 7.44. The number of fused-ring (bicyclic) bond motifs is 4. The van der Waals surface area contributed by atoms with Gasteiger partial charge in [-0.2, -0.15) is 0 Å². The predicted octanol–water partition coefficient (Wildman–Crippen LogP) is 2.77. The first kappa shape index (κ1) is 13.8. The Morgan fingerprint density at radius 1 is 1.38 bits per heavy atom. The summed E-state index contributed by atoms with van der Waals surface area (Å²) >= 11 is 2.94. The van der Waals surface area contributed by atoms with Crippen LogP contribution in [0.4, 0.5) is 0 Å². The number of β-lactam (4-membered cyclic amide) rings is 1. The molecule has 4 heterocycles. The van der Waals surface area contributed by atoms with Gasteiger partial charge in [0, 0.05) is 17.8 Å². The summed E-state index contributed by atoms with van der Waals surface area (Å²) < 4.78 is 3.13. The summed E-state index contributed by atoms with van der Waals surface area (Å²) in [5, 5.41) is 10.4. The summed E-state index contributed by atoms with van der Waals surface area (Å²) in [6.07, 6.45) is 5.54. The maximum Gasteiger partial charge on any atom is 0.353 e. The van der Waals surface area contributed by atoms with Gasteiger partial charge in [0.2, 0.25) is 0 Å². The highest BCUT2D eigenvalue weighted by Gasteiger charge is 2.49. The summed E-state index contributed by atoms with van der Waals surface area (Å²) in [7, 11) is 0. The molecule has 6 nitrogen and oxygen atoms in total. The molecule has 118 valence electrons. The minimum Gasteiger partial charge on any atom is -0.477 e. The fourth-order valence-corrected chi connectivity index (χ4v) is 5.15. The normalized spacial score (nSPS) is 21.4. The summed E-state index contributed by atoms with van der Waals surface area (Å²) in [6.45, 7) is 0. The minimum absolute atomic E-state index is 0.0575. The van der Waals surface area contributed by atoms with Gasteiger partial charge in [-0.05, 0) is 23.8 Å². The summed E-state index contributed by atoms with van der Waals surface area (Å²) in [6, 6.07) is 6.00. The minimum atomic E-state index is -1.07. The van der Waals surface area contributed by atoms with E-state index in [1.165, 1.54) is 22.1 Å². The molecule has 0 radical (unpaired) electrons. The molecule has 0 aliphatic carbocycles. The zero-order chi connectivity index (χ0) is 16.4. The molecule has 1 aromatic carbocycles. The molecule has 24 heavy (non-hydrogen) atoms. The van der Waals surface area contributed by atoms with Crippen molar-refractivity contribution in [2.24, 2.45) is 0 Å². The lowest BCUT2D eigenvalue weighted by Gasteiger charge is -2.37. The number of imidazole rings is 1. The topological polar surface area (TPSA) is 74.9 Å². The molecule has 2 aliphatic heterocycles. The quantitative estimate of drug-likeness (QED) is 0.565. The number of thiazole rings is 1. The van der Waals surface area contributed by atoms with Gasteiger partial charge in [-0.15, -0.1) is 11.8 Å². The van der Waals surface area contributed by atoms with Crippen molar-refractivity contribution < 1.29 is 14.7 Å². The van der Waals surface area contributed by atoms with Crippen molar-refractivity contribution in [3.8, 4) is 0 Å². The smallest absolute Gasteiger partial charge is 0.353 e. The number of carboxylic acid groups (broad SMARTS) is 1. The van der Waals surface area contributed by atoms with E-state index in [0.29, 0.717) is 5.57 Å². The number of hydrogen-bond donors (Lipinski definition) is 1. The van der Waals surface area contributed by atoms with Crippen LogP contribution in [0.3, 0.4) is 0 Å². The van der Waals surface area contributed by atoms with Gasteiger partial charge in [-0.25, -0.2) is 9.78 Å². The second-order valence-electron chi connectivity index (χ2n) is 5.48. The molecule has 1 atom stereocenters. The maximum absolute atomic E-state index is 12.3. The average molecular weight is 355 g/mol. The molecule has 0 bridgehead atoms. The average Bonchev–Trinajstić information content (AvgIpc) is 3.24. The van der Waals surface area contributed by atoms with Crippen molar-refractivity contribution >= 4 is 56.2 Å². The number of carbonyl (C=O) groups is 2. The molecule has 1 N–H and O–H groups in total. The molecule has 1 amide bonds. The van der Waals surface area contributed by atoms with Crippen molar-refractivity contribution in [3.05, 3.63) is 52.8 Å². The number of aromatic nitrogens is 2. The van der Waals surface area contributed by atoms with Crippen LogP contribution < -0.4 is 0 Å². The summed E-state index contributed by atoms with van der Waals surface area (Å²) in [5.41, 5.74) is 2.70. The zero-order valence-corrected chi connectivity index (χ0v) is 13.7. The van der Waals surface area contributed by atoms with E-state index in [9.17, 15) is 9.59 Å².